The van der Waals surface area contributed by atoms with Crippen LogP contribution >= 0.6 is 59.5 Å². The first kappa shape index (κ1) is 32.7. The lowest BCUT2D eigenvalue weighted by Gasteiger charge is -1.96. The largest absolute Gasteiger partial charge is 0.481 e. The van der Waals surface area contributed by atoms with Gasteiger partial charge in [0.25, 0.3) is 0 Å². The zero-order chi connectivity index (χ0) is 20.5. The van der Waals surface area contributed by atoms with E-state index in [0.29, 0.717) is 0 Å². The number of carbonyl (C=O) groups is 3. The molecule has 13 heteroatoms. The maximum Gasteiger partial charge on any atom is 0.313 e. The van der Waals surface area contributed by atoms with Gasteiger partial charge < -0.3 is 25.5 Å². The molecule has 0 rings (SSSR count). The Morgan fingerprint density at radius 2 is 0.840 bits per heavy atom. The lowest BCUT2D eigenvalue weighted by Crippen LogP contribution is -1.92. The first-order valence-electron chi connectivity index (χ1n) is 6.67. The quantitative estimate of drug-likeness (QED) is 0.136. The molecule has 0 fully saturated rings. The summed E-state index contributed by atoms with van der Waals surface area (Å²) >= 11 is 10.2. The SMILES string of the molecule is O=C(O)CS.O=C(O)CS.O=C(O)CS.OCCCSSCCCO. The fourth-order valence-electron chi connectivity index (χ4n) is 0.365. The number of carboxylic acids is 3. The number of rotatable bonds is 10. The molecule has 0 radical (unpaired) electrons. The van der Waals surface area contributed by atoms with Crippen molar-refractivity contribution in [3.05, 3.63) is 0 Å². The fourth-order valence-corrected chi connectivity index (χ4v) is 2.51. The number of thiol groups is 3. The predicted molar refractivity (Wildman–Crippen MR) is 113 cm³/mol. The Morgan fingerprint density at radius 3 is 0.960 bits per heavy atom. The molecule has 8 nitrogen and oxygen atoms in total. The highest BCUT2D eigenvalue weighted by atomic mass is 33.1. The van der Waals surface area contributed by atoms with Gasteiger partial charge in [-0.25, -0.2) is 0 Å². The molecule has 0 aromatic carbocycles. The van der Waals surface area contributed by atoms with Crippen LogP contribution in [0.15, 0.2) is 0 Å². The van der Waals surface area contributed by atoms with E-state index in [4.69, 9.17) is 25.5 Å². The Hall–Kier alpha value is 0.0800. The molecule has 0 heterocycles. The third-order valence-electron chi connectivity index (χ3n) is 1.26. The van der Waals surface area contributed by atoms with Gasteiger partial charge in [0.1, 0.15) is 0 Å². The second-order valence-electron chi connectivity index (χ2n) is 3.45. The summed E-state index contributed by atoms with van der Waals surface area (Å²) in [6.07, 6.45) is 1.74. The van der Waals surface area contributed by atoms with E-state index in [1.54, 1.807) is 21.6 Å². The summed E-state index contributed by atoms with van der Waals surface area (Å²) in [4.78, 5) is 27.9. The zero-order valence-electron chi connectivity index (χ0n) is 13.5. The summed E-state index contributed by atoms with van der Waals surface area (Å²) in [7, 11) is 3.53. The molecule has 0 unspecified atom stereocenters. The van der Waals surface area contributed by atoms with Gasteiger partial charge >= 0.3 is 17.9 Å². The Morgan fingerprint density at radius 1 is 0.640 bits per heavy atom. The summed E-state index contributed by atoms with van der Waals surface area (Å²) in [5.41, 5.74) is 0. The second-order valence-corrected chi connectivity index (χ2v) is 7.10. The monoisotopic (exact) mass is 458 g/mol. The molecule has 0 aliphatic heterocycles. The summed E-state index contributed by atoms with van der Waals surface area (Å²) in [5, 5.41) is 39.8. The molecule has 0 saturated carbocycles. The molecule has 5 N–H and O–H groups in total. The van der Waals surface area contributed by atoms with Gasteiger partial charge in [-0.05, 0) is 12.8 Å². The maximum absolute atomic E-state index is 9.29. The standard InChI is InChI=1S/C6H14O2S2.3C2H4O2S/c7-3-1-5-9-10-6-2-4-8;3*3-2(4)1-5/h7-8H,1-6H2;3*5H,1H2,(H,3,4). The van der Waals surface area contributed by atoms with Crippen LogP contribution < -0.4 is 0 Å². The average Bonchev–Trinajstić information content (AvgIpc) is 2.59. The lowest BCUT2D eigenvalue weighted by molar-refractivity contribution is -0.134. The van der Waals surface area contributed by atoms with Crippen molar-refractivity contribution in [2.45, 2.75) is 12.8 Å². The van der Waals surface area contributed by atoms with Crippen LogP contribution in [0.1, 0.15) is 12.8 Å². The van der Waals surface area contributed by atoms with Gasteiger partial charge in [0.05, 0.1) is 17.3 Å². The molecule has 0 aliphatic carbocycles. The van der Waals surface area contributed by atoms with Crippen molar-refractivity contribution in [2.75, 3.05) is 42.0 Å². The molecule has 25 heavy (non-hydrogen) atoms. The average molecular weight is 459 g/mol. The van der Waals surface area contributed by atoms with Crippen molar-refractivity contribution < 1.29 is 39.9 Å². The van der Waals surface area contributed by atoms with Crippen molar-refractivity contribution in [2.24, 2.45) is 0 Å². The van der Waals surface area contributed by atoms with E-state index in [0.717, 1.165) is 24.3 Å². The minimum atomic E-state index is -0.881. The van der Waals surface area contributed by atoms with E-state index >= 15 is 0 Å². The molecule has 0 aliphatic rings. The van der Waals surface area contributed by atoms with Crippen LogP contribution in [0.5, 0.6) is 0 Å². The van der Waals surface area contributed by atoms with Gasteiger partial charge in [-0.2, -0.15) is 37.9 Å². The van der Waals surface area contributed by atoms with Gasteiger partial charge in [0.15, 0.2) is 0 Å². The zero-order valence-corrected chi connectivity index (χ0v) is 17.8. The van der Waals surface area contributed by atoms with Gasteiger partial charge in [-0.15, -0.1) is 0 Å². The second kappa shape index (κ2) is 31.8. The van der Waals surface area contributed by atoms with E-state index < -0.39 is 17.9 Å². The molecule has 0 amide bonds. The summed E-state index contributed by atoms with van der Waals surface area (Å²) in [6.45, 7) is 0.571. The van der Waals surface area contributed by atoms with Crippen LogP contribution in [0.2, 0.25) is 0 Å². The Labute approximate surface area is 171 Å². The molecular formula is C12H26O8S5. The van der Waals surface area contributed by atoms with Crippen molar-refractivity contribution in [1.82, 2.24) is 0 Å². The smallest absolute Gasteiger partial charge is 0.313 e. The number of hydrogen-bond donors (Lipinski definition) is 8. The first-order valence-corrected chi connectivity index (χ1v) is 11.1. The highest BCUT2D eigenvalue weighted by Crippen LogP contribution is 2.21. The summed E-state index contributed by atoms with van der Waals surface area (Å²) in [6, 6.07) is 0. The summed E-state index contributed by atoms with van der Waals surface area (Å²) in [5.74, 6) is -0.880. The fraction of sp³-hybridized carbons (Fsp3) is 0.750. The predicted octanol–water partition coefficient (Wildman–Crippen LogP) is 1.14. The number of carboxylic acid groups (broad SMARTS) is 3. The van der Waals surface area contributed by atoms with E-state index in [1.165, 1.54) is 0 Å². The number of aliphatic hydroxyl groups excluding tert-OH is 2. The van der Waals surface area contributed by atoms with Crippen LogP contribution in [0.4, 0.5) is 0 Å². The first-order chi connectivity index (χ1) is 11.7. The lowest BCUT2D eigenvalue weighted by atomic mass is 10.5. The van der Waals surface area contributed by atoms with Crippen molar-refractivity contribution >= 4 is 77.4 Å². The normalized spacial score (nSPS) is 8.52. The van der Waals surface area contributed by atoms with E-state index in [2.05, 4.69) is 37.9 Å². The molecule has 0 spiro atoms. The minimum absolute atomic E-state index is 0.0833. The van der Waals surface area contributed by atoms with Crippen LogP contribution in [0.3, 0.4) is 0 Å². The van der Waals surface area contributed by atoms with Crippen molar-refractivity contribution in [3.8, 4) is 0 Å². The van der Waals surface area contributed by atoms with E-state index in [9.17, 15) is 14.4 Å². The third kappa shape index (κ3) is 68.6. The Bertz CT molecular complexity index is 266. The van der Waals surface area contributed by atoms with Crippen molar-refractivity contribution in [3.63, 3.8) is 0 Å². The van der Waals surface area contributed by atoms with E-state index in [-0.39, 0.29) is 30.5 Å². The summed E-state index contributed by atoms with van der Waals surface area (Å²) < 4.78 is 0. The van der Waals surface area contributed by atoms with Crippen LogP contribution in [0.25, 0.3) is 0 Å². The maximum atomic E-state index is 9.29. The molecule has 0 atom stereocenters. The molecule has 0 saturated heterocycles. The number of hydrogen-bond acceptors (Lipinski definition) is 10. The highest BCUT2D eigenvalue weighted by Gasteiger charge is 1.89. The van der Waals surface area contributed by atoms with Gasteiger partial charge in [0.2, 0.25) is 0 Å². The van der Waals surface area contributed by atoms with Gasteiger partial charge in [-0.1, -0.05) is 21.6 Å². The number of aliphatic carboxylic acids is 3. The van der Waals surface area contributed by atoms with Gasteiger partial charge in [0, 0.05) is 24.7 Å². The third-order valence-corrected chi connectivity index (χ3v) is 4.65. The Balaban J connectivity index is -0.000000126. The molecule has 0 aromatic heterocycles. The van der Waals surface area contributed by atoms with Crippen LogP contribution in [-0.2, 0) is 14.4 Å². The minimum Gasteiger partial charge on any atom is -0.481 e. The topological polar surface area (TPSA) is 152 Å². The number of aliphatic hydroxyl groups is 2. The van der Waals surface area contributed by atoms with Crippen LogP contribution in [0, 0.1) is 0 Å². The molecule has 0 aromatic rings. The van der Waals surface area contributed by atoms with E-state index in [1.807, 2.05) is 0 Å². The van der Waals surface area contributed by atoms with Crippen molar-refractivity contribution in [1.29, 1.82) is 0 Å². The highest BCUT2D eigenvalue weighted by molar-refractivity contribution is 8.76. The van der Waals surface area contributed by atoms with Crippen LogP contribution in [-0.4, -0.2) is 85.4 Å². The molecular weight excluding hydrogens is 432 g/mol. The Kier molecular flexibility index (Phi) is 41.6. The van der Waals surface area contributed by atoms with Gasteiger partial charge in [-0.3, -0.25) is 14.4 Å². The molecule has 0 bridgehead atoms. The molecule has 152 valence electrons.